The summed E-state index contributed by atoms with van der Waals surface area (Å²) in [5, 5.41) is 17.2. The Balaban J connectivity index is 2.12. The van der Waals surface area contributed by atoms with Gasteiger partial charge in [0.05, 0.1) is 4.92 Å². The van der Waals surface area contributed by atoms with Crippen molar-refractivity contribution in [2.24, 2.45) is 0 Å². The van der Waals surface area contributed by atoms with Crippen molar-refractivity contribution in [1.82, 2.24) is 0 Å². The van der Waals surface area contributed by atoms with Crippen molar-refractivity contribution in [1.29, 1.82) is 0 Å². The van der Waals surface area contributed by atoms with Crippen molar-refractivity contribution in [2.45, 2.75) is 6.92 Å². The van der Waals surface area contributed by atoms with Crippen molar-refractivity contribution in [3.63, 3.8) is 0 Å². The fourth-order valence-electron chi connectivity index (χ4n) is 1.73. The van der Waals surface area contributed by atoms with Gasteiger partial charge in [0.2, 0.25) is 0 Å². The lowest BCUT2D eigenvalue weighted by molar-refractivity contribution is -0.384. The van der Waals surface area contributed by atoms with E-state index in [2.05, 4.69) is 10.6 Å². The van der Waals surface area contributed by atoms with Crippen LogP contribution in [0.25, 0.3) is 0 Å². The van der Waals surface area contributed by atoms with Gasteiger partial charge >= 0.3 is 0 Å². The van der Waals surface area contributed by atoms with E-state index >= 15 is 0 Å². The summed E-state index contributed by atoms with van der Waals surface area (Å²) in [6, 6.07) is 12.1. The molecule has 5 nitrogen and oxygen atoms in total. The van der Waals surface area contributed by atoms with Gasteiger partial charge < -0.3 is 10.6 Å². The number of thiocarbonyl (C=S) groups is 1. The molecule has 0 saturated carbocycles. The van der Waals surface area contributed by atoms with Crippen LogP contribution in [0.15, 0.2) is 42.5 Å². The molecule has 0 aromatic heterocycles. The smallest absolute Gasteiger partial charge is 0.289 e. The molecule has 0 bridgehead atoms. The number of rotatable bonds is 3. The Morgan fingerprint density at radius 1 is 1.24 bits per heavy atom. The number of aryl methyl sites for hydroxylation is 1. The lowest BCUT2D eigenvalue weighted by Gasteiger charge is -2.12. The van der Waals surface area contributed by atoms with Crippen LogP contribution in [0.4, 0.5) is 17.1 Å². The number of anilines is 2. The number of hydrogen-bond acceptors (Lipinski definition) is 3. The van der Waals surface area contributed by atoms with Gasteiger partial charge in [-0.1, -0.05) is 29.8 Å². The van der Waals surface area contributed by atoms with Crippen LogP contribution < -0.4 is 10.6 Å². The van der Waals surface area contributed by atoms with Crippen LogP contribution in [-0.4, -0.2) is 10.0 Å². The Morgan fingerprint density at radius 3 is 2.62 bits per heavy atom. The van der Waals surface area contributed by atoms with Crippen molar-refractivity contribution < 1.29 is 4.92 Å². The zero-order valence-electron chi connectivity index (χ0n) is 11.1. The highest BCUT2D eigenvalue weighted by molar-refractivity contribution is 7.80. The largest absolute Gasteiger partial charge is 0.332 e. The van der Waals surface area contributed by atoms with Gasteiger partial charge in [0.25, 0.3) is 5.69 Å². The maximum Gasteiger partial charge on any atom is 0.289 e. The summed E-state index contributed by atoms with van der Waals surface area (Å²) in [5.41, 5.74) is 2.25. The number of para-hydroxylation sites is 1. The van der Waals surface area contributed by atoms with Crippen LogP contribution >= 0.6 is 23.8 Å². The van der Waals surface area contributed by atoms with Gasteiger partial charge in [-0.3, -0.25) is 10.1 Å². The van der Waals surface area contributed by atoms with Gasteiger partial charge in [0, 0.05) is 17.4 Å². The second-order valence-corrected chi connectivity index (χ2v) is 5.13. The number of nitrogens with zero attached hydrogens (tertiary/aromatic N) is 1. The maximum absolute atomic E-state index is 10.8. The number of nitro groups is 1. The first-order valence-electron chi connectivity index (χ1n) is 6.05. The minimum atomic E-state index is -0.536. The highest BCUT2D eigenvalue weighted by Crippen LogP contribution is 2.27. The van der Waals surface area contributed by atoms with Gasteiger partial charge in [-0.2, -0.15) is 0 Å². The fraction of sp³-hybridized carbons (Fsp3) is 0.0714. The van der Waals surface area contributed by atoms with Crippen LogP contribution in [0, 0.1) is 17.0 Å². The van der Waals surface area contributed by atoms with E-state index in [1.165, 1.54) is 12.1 Å². The van der Waals surface area contributed by atoms with Gasteiger partial charge in [0.1, 0.15) is 5.02 Å². The summed E-state index contributed by atoms with van der Waals surface area (Å²) in [6.45, 7) is 1.96. The molecule has 2 aromatic carbocycles. The van der Waals surface area contributed by atoms with Crippen molar-refractivity contribution in [3.8, 4) is 0 Å². The van der Waals surface area contributed by atoms with E-state index in [-0.39, 0.29) is 10.7 Å². The number of benzene rings is 2. The molecule has 2 rings (SSSR count). The topological polar surface area (TPSA) is 67.2 Å². The molecule has 0 radical (unpaired) electrons. The molecule has 0 fully saturated rings. The average molecular weight is 322 g/mol. The molecule has 2 aromatic rings. The molecule has 21 heavy (non-hydrogen) atoms. The molecule has 0 unspecified atom stereocenters. The first-order valence-corrected chi connectivity index (χ1v) is 6.83. The predicted octanol–water partition coefficient (Wildman–Crippen LogP) is 4.37. The summed E-state index contributed by atoms with van der Waals surface area (Å²) >= 11 is 11.0. The lowest BCUT2D eigenvalue weighted by atomic mass is 10.2. The van der Waals surface area contributed by atoms with E-state index in [1.54, 1.807) is 6.07 Å². The normalized spacial score (nSPS) is 10.0. The molecule has 0 amide bonds. The Morgan fingerprint density at radius 2 is 1.95 bits per heavy atom. The van der Waals surface area contributed by atoms with Crippen LogP contribution in [-0.2, 0) is 0 Å². The fourth-order valence-corrected chi connectivity index (χ4v) is 2.14. The van der Waals surface area contributed by atoms with Gasteiger partial charge in [-0.15, -0.1) is 0 Å². The molecule has 0 aliphatic carbocycles. The Kier molecular flexibility index (Phi) is 4.72. The van der Waals surface area contributed by atoms with Crippen molar-refractivity contribution in [2.75, 3.05) is 10.6 Å². The summed E-state index contributed by atoms with van der Waals surface area (Å²) in [6.07, 6.45) is 0. The summed E-state index contributed by atoms with van der Waals surface area (Å²) in [5.74, 6) is 0. The molecule has 0 heterocycles. The third-order valence-corrected chi connectivity index (χ3v) is 3.32. The minimum Gasteiger partial charge on any atom is -0.332 e. The Hall–Kier alpha value is -2.18. The number of halogens is 1. The van der Waals surface area contributed by atoms with Gasteiger partial charge in [-0.05, 0) is 42.9 Å². The molecule has 2 N–H and O–H groups in total. The van der Waals surface area contributed by atoms with E-state index < -0.39 is 4.92 Å². The van der Waals surface area contributed by atoms with Crippen molar-refractivity contribution >= 4 is 46.0 Å². The van der Waals surface area contributed by atoms with Gasteiger partial charge in [0.15, 0.2) is 5.11 Å². The monoisotopic (exact) mass is 321 g/mol. The molecule has 108 valence electrons. The second-order valence-electron chi connectivity index (χ2n) is 4.32. The molecule has 0 aliphatic heterocycles. The third-order valence-electron chi connectivity index (χ3n) is 2.79. The average Bonchev–Trinajstić information content (AvgIpc) is 2.43. The molecule has 0 aliphatic rings. The first-order chi connectivity index (χ1) is 9.97. The van der Waals surface area contributed by atoms with Crippen LogP contribution in [0.1, 0.15) is 5.56 Å². The minimum absolute atomic E-state index is 0.0864. The Labute approximate surface area is 132 Å². The van der Waals surface area contributed by atoms with E-state index in [1.807, 2.05) is 31.2 Å². The third kappa shape index (κ3) is 3.90. The number of nitro benzene ring substituents is 1. The van der Waals surface area contributed by atoms with Crippen molar-refractivity contribution in [3.05, 3.63) is 63.2 Å². The second kappa shape index (κ2) is 6.51. The molecular weight excluding hydrogens is 310 g/mol. The molecular formula is C14H12ClN3O2S. The first kappa shape index (κ1) is 15.2. The SMILES string of the molecule is Cc1ccccc1NC(=S)Nc1ccc(Cl)c([N+](=O)[O-])c1. The van der Waals surface area contributed by atoms with E-state index in [4.69, 9.17) is 23.8 Å². The van der Waals surface area contributed by atoms with Gasteiger partial charge in [-0.25, -0.2) is 0 Å². The number of hydrogen-bond donors (Lipinski definition) is 2. The van der Waals surface area contributed by atoms with Crippen LogP contribution in [0.2, 0.25) is 5.02 Å². The van der Waals surface area contributed by atoms with Crippen LogP contribution in [0.3, 0.4) is 0 Å². The van der Waals surface area contributed by atoms with E-state index in [0.717, 1.165) is 11.3 Å². The van der Waals surface area contributed by atoms with E-state index in [9.17, 15) is 10.1 Å². The summed E-state index contributed by atoms with van der Waals surface area (Å²) < 4.78 is 0. The zero-order valence-corrected chi connectivity index (χ0v) is 12.7. The quantitative estimate of drug-likeness (QED) is 0.499. The highest BCUT2D eigenvalue weighted by atomic mass is 35.5. The summed E-state index contributed by atoms with van der Waals surface area (Å²) in [7, 11) is 0. The maximum atomic E-state index is 10.8. The molecule has 0 atom stereocenters. The predicted molar refractivity (Wildman–Crippen MR) is 89.1 cm³/mol. The number of nitrogens with one attached hydrogen (secondary N) is 2. The molecule has 7 heteroatoms. The zero-order chi connectivity index (χ0) is 15.4. The standard InChI is InChI=1S/C14H12ClN3O2S/c1-9-4-2-3-5-12(9)17-14(21)16-10-6-7-11(15)13(8-10)18(19)20/h2-8H,1H3,(H2,16,17,21). The van der Waals surface area contributed by atoms with Crippen LogP contribution in [0.5, 0.6) is 0 Å². The summed E-state index contributed by atoms with van der Waals surface area (Å²) in [4.78, 5) is 10.3. The molecule has 0 saturated heterocycles. The lowest BCUT2D eigenvalue weighted by Crippen LogP contribution is -2.19. The highest BCUT2D eigenvalue weighted by Gasteiger charge is 2.13. The van der Waals surface area contributed by atoms with E-state index in [0.29, 0.717) is 10.8 Å². The molecule has 0 spiro atoms. The Bertz CT molecular complexity index is 706.